The SMILES string of the molecule is Fc1ccc2cncc(-c3cc4ccccc4o3)c2c1. The summed E-state index contributed by atoms with van der Waals surface area (Å²) in [6.07, 6.45) is 3.43. The summed E-state index contributed by atoms with van der Waals surface area (Å²) in [5.74, 6) is 0.441. The van der Waals surface area contributed by atoms with Gasteiger partial charge in [0, 0.05) is 28.7 Å². The molecule has 0 unspecified atom stereocenters. The van der Waals surface area contributed by atoms with Gasteiger partial charge in [0.25, 0.3) is 0 Å². The smallest absolute Gasteiger partial charge is 0.137 e. The molecular formula is C17H10FNO. The van der Waals surface area contributed by atoms with Gasteiger partial charge in [-0.2, -0.15) is 0 Å². The number of hydrogen-bond donors (Lipinski definition) is 0. The van der Waals surface area contributed by atoms with Crippen molar-refractivity contribution in [3.8, 4) is 11.3 Å². The van der Waals surface area contributed by atoms with E-state index in [9.17, 15) is 4.39 Å². The number of halogens is 1. The molecule has 0 atom stereocenters. The molecule has 0 saturated heterocycles. The van der Waals surface area contributed by atoms with Gasteiger partial charge in [-0.15, -0.1) is 0 Å². The third-order valence-electron chi connectivity index (χ3n) is 3.41. The second kappa shape index (κ2) is 4.17. The van der Waals surface area contributed by atoms with Crippen molar-refractivity contribution in [1.29, 1.82) is 0 Å². The number of rotatable bonds is 1. The maximum Gasteiger partial charge on any atom is 0.137 e. The van der Waals surface area contributed by atoms with E-state index in [2.05, 4.69) is 4.98 Å². The summed E-state index contributed by atoms with van der Waals surface area (Å²) in [5, 5.41) is 2.72. The number of nitrogens with zero attached hydrogens (tertiary/aromatic N) is 1. The van der Waals surface area contributed by atoms with E-state index in [1.807, 2.05) is 30.3 Å². The highest BCUT2D eigenvalue weighted by atomic mass is 19.1. The molecule has 2 aromatic carbocycles. The van der Waals surface area contributed by atoms with E-state index in [0.29, 0.717) is 5.76 Å². The van der Waals surface area contributed by atoms with Crippen LogP contribution in [0.15, 0.2) is 65.3 Å². The monoisotopic (exact) mass is 263 g/mol. The molecule has 20 heavy (non-hydrogen) atoms. The molecule has 2 nitrogen and oxygen atoms in total. The van der Waals surface area contributed by atoms with Crippen LogP contribution < -0.4 is 0 Å². The Labute approximate surface area is 114 Å². The number of para-hydroxylation sites is 1. The van der Waals surface area contributed by atoms with Gasteiger partial charge in [-0.05, 0) is 35.7 Å². The van der Waals surface area contributed by atoms with Crippen molar-refractivity contribution in [2.24, 2.45) is 0 Å². The molecule has 2 aromatic heterocycles. The van der Waals surface area contributed by atoms with Gasteiger partial charge in [0.05, 0.1) is 0 Å². The quantitative estimate of drug-likeness (QED) is 0.493. The van der Waals surface area contributed by atoms with Gasteiger partial charge in [-0.1, -0.05) is 18.2 Å². The fraction of sp³-hybridized carbons (Fsp3) is 0. The maximum absolute atomic E-state index is 13.5. The lowest BCUT2D eigenvalue weighted by Crippen LogP contribution is -1.83. The highest BCUT2D eigenvalue weighted by Gasteiger charge is 2.10. The lowest BCUT2D eigenvalue weighted by molar-refractivity contribution is 0.628. The molecule has 0 radical (unpaired) electrons. The summed E-state index contributed by atoms with van der Waals surface area (Å²) in [6, 6.07) is 14.4. The first-order valence-corrected chi connectivity index (χ1v) is 6.33. The first-order chi connectivity index (χ1) is 9.81. The average molecular weight is 263 g/mol. The van der Waals surface area contributed by atoms with Crippen molar-refractivity contribution in [1.82, 2.24) is 4.98 Å². The summed E-state index contributed by atoms with van der Waals surface area (Å²) in [4.78, 5) is 4.21. The zero-order chi connectivity index (χ0) is 13.5. The van der Waals surface area contributed by atoms with Gasteiger partial charge in [-0.3, -0.25) is 4.98 Å². The zero-order valence-electron chi connectivity index (χ0n) is 10.5. The van der Waals surface area contributed by atoms with Crippen molar-refractivity contribution in [3.05, 3.63) is 66.7 Å². The molecule has 0 amide bonds. The van der Waals surface area contributed by atoms with Crippen LogP contribution in [0.4, 0.5) is 4.39 Å². The fourth-order valence-corrected chi connectivity index (χ4v) is 2.45. The summed E-state index contributed by atoms with van der Waals surface area (Å²) < 4.78 is 19.3. The molecule has 0 fully saturated rings. The van der Waals surface area contributed by atoms with Crippen molar-refractivity contribution in [2.75, 3.05) is 0 Å². The molecule has 0 spiro atoms. The van der Waals surface area contributed by atoms with Gasteiger partial charge in [-0.25, -0.2) is 4.39 Å². The van der Waals surface area contributed by atoms with Gasteiger partial charge in [0.2, 0.25) is 0 Å². The second-order valence-corrected chi connectivity index (χ2v) is 4.70. The lowest BCUT2D eigenvalue weighted by Gasteiger charge is -2.03. The third kappa shape index (κ3) is 1.67. The Morgan fingerprint density at radius 1 is 0.900 bits per heavy atom. The van der Waals surface area contributed by atoms with Crippen LogP contribution >= 0.6 is 0 Å². The molecule has 96 valence electrons. The topological polar surface area (TPSA) is 26.0 Å². The van der Waals surface area contributed by atoms with Crippen molar-refractivity contribution in [3.63, 3.8) is 0 Å². The van der Waals surface area contributed by atoms with Gasteiger partial charge < -0.3 is 4.42 Å². The fourth-order valence-electron chi connectivity index (χ4n) is 2.45. The third-order valence-corrected chi connectivity index (χ3v) is 3.41. The minimum atomic E-state index is -0.263. The number of aromatic nitrogens is 1. The van der Waals surface area contributed by atoms with E-state index in [-0.39, 0.29) is 5.82 Å². The van der Waals surface area contributed by atoms with E-state index < -0.39 is 0 Å². The maximum atomic E-state index is 13.5. The number of benzene rings is 2. The predicted octanol–water partition coefficient (Wildman–Crippen LogP) is 4.79. The lowest BCUT2D eigenvalue weighted by atomic mass is 10.1. The average Bonchev–Trinajstić information content (AvgIpc) is 2.90. The largest absolute Gasteiger partial charge is 0.456 e. The van der Waals surface area contributed by atoms with E-state index in [0.717, 1.165) is 27.3 Å². The molecule has 0 N–H and O–H groups in total. The molecule has 0 aliphatic carbocycles. The Morgan fingerprint density at radius 2 is 1.80 bits per heavy atom. The van der Waals surface area contributed by atoms with Crippen LogP contribution in [0.25, 0.3) is 33.1 Å². The van der Waals surface area contributed by atoms with Crippen LogP contribution in [0, 0.1) is 5.82 Å². The molecule has 4 rings (SSSR count). The van der Waals surface area contributed by atoms with Gasteiger partial charge >= 0.3 is 0 Å². The van der Waals surface area contributed by atoms with Crippen LogP contribution in [0.2, 0.25) is 0 Å². The summed E-state index contributed by atoms with van der Waals surface area (Å²) >= 11 is 0. The molecule has 0 bridgehead atoms. The summed E-state index contributed by atoms with van der Waals surface area (Å²) in [7, 11) is 0. The van der Waals surface area contributed by atoms with Gasteiger partial charge in [0.1, 0.15) is 17.2 Å². The van der Waals surface area contributed by atoms with E-state index in [1.54, 1.807) is 18.5 Å². The van der Waals surface area contributed by atoms with E-state index in [1.165, 1.54) is 12.1 Å². The van der Waals surface area contributed by atoms with Gasteiger partial charge in [0.15, 0.2) is 0 Å². The van der Waals surface area contributed by atoms with Crippen LogP contribution in [0.1, 0.15) is 0 Å². The zero-order valence-corrected chi connectivity index (χ0v) is 10.5. The van der Waals surface area contributed by atoms with Crippen LogP contribution in [0.3, 0.4) is 0 Å². The normalized spacial score (nSPS) is 11.2. The number of fused-ring (bicyclic) bond motifs is 2. The molecule has 4 aromatic rings. The summed E-state index contributed by atoms with van der Waals surface area (Å²) in [5.41, 5.74) is 1.62. The van der Waals surface area contributed by atoms with Crippen molar-refractivity contribution in [2.45, 2.75) is 0 Å². The first-order valence-electron chi connectivity index (χ1n) is 6.33. The van der Waals surface area contributed by atoms with E-state index >= 15 is 0 Å². The van der Waals surface area contributed by atoms with E-state index in [4.69, 9.17) is 4.42 Å². The standard InChI is InChI=1S/C17H10FNO/c18-13-6-5-12-9-19-10-15(14(12)8-13)17-7-11-3-1-2-4-16(11)20-17/h1-10H. The Morgan fingerprint density at radius 3 is 2.70 bits per heavy atom. The Kier molecular flexibility index (Phi) is 2.33. The van der Waals surface area contributed by atoms with Crippen molar-refractivity contribution < 1.29 is 8.81 Å². The number of pyridine rings is 1. The minimum Gasteiger partial charge on any atom is -0.456 e. The molecule has 3 heteroatoms. The Balaban J connectivity index is 2.03. The molecule has 0 saturated carbocycles. The summed E-state index contributed by atoms with van der Waals surface area (Å²) in [6.45, 7) is 0. The molecule has 0 aliphatic heterocycles. The number of furan rings is 1. The first kappa shape index (κ1) is 11.2. The Bertz CT molecular complexity index is 893. The highest BCUT2D eigenvalue weighted by Crippen LogP contribution is 2.32. The van der Waals surface area contributed by atoms with Crippen LogP contribution in [-0.4, -0.2) is 4.98 Å². The van der Waals surface area contributed by atoms with Crippen molar-refractivity contribution >= 4 is 21.7 Å². The number of hydrogen-bond acceptors (Lipinski definition) is 2. The van der Waals surface area contributed by atoms with Crippen LogP contribution in [-0.2, 0) is 0 Å². The molecule has 2 heterocycles. The minimum absolute atomic E-state index is 0.263. The molecular weight excluding hydrogens is 253 g/mol. The van der Waals surface area contributed by atoms with Crippen LogP contribution in [0.5, 0.6) is 0 Å². The highest BCUT2D eigenvalue weighted by molar-refractivity contribution is 5.96. The molecule has 0 aliphatic rings. The Hall–Kier alpha value is -2.68. The second-order valence-electron chi connectivity index (χ2n) is 4.70. The predicted molar refractivity (Wildman–Crippen MR) is 76.9 cm³/mol.